The fraction of sp³-hybridized carbons (Fsp3) is 0.462. The van der Waals surface area contributed by atoms with Crippen molar-refractivity contribution in [2.45, 2.75) is 31.9 Å². The predicted octanol–water partition coefficient (Wildman–Crippen LogP) is 3.97. The first-order valence-corrected chi connectivity index (χ1v) is 8.74. The molecule has 1 aliphatic rings. The molecule has 19 heavy (non-hydrogen) atoms. The molecule has 0 spiro atoms. The normalized spacial score (nSPS) is 18.4. The van der Waals surface area contributed by atoms with Crippen LogP contribution in [0.15, 0.2) is 15.9 Å². The van der Waals surface area contributed by atoms with Gasteiger partial charge in [0.25, 0.3) is 0 Å². The third kappa shape index (κ3) is 2.86. The number of thiophene rings is 1. The number of aliphatic hydroxyl groups is 1. The molecule has 3 rings (SSSR count). The van der Waals surface area contributed by atoms with Crippen LogP contribution in [0.4, 0.5) is 5.13 Å². The first-order chi connectivity index (χ1) is 9.13. The number of anilines is 1. The molecule has 1 N–H and O–H groups in total. The third-order valence-corrected chi connectivity index (χ3v) is 6.18. The minimum atomic E-state index is -0.363. The summed E-state index contributed by atoms with van der Waals surface area (Å²) in [6.07, 6.45) is 2.61. The molecule has 2 aromatic heterocycles. The van der Waals surface area contributed by atoms with Crippen LogP contribution in [0.5, 0.6) is 0 Å². The topological polar surface area (TPSA) is 36.4 Å². The van der Waals surface area contributed by atoms with Crippen LogP contribution in [-0.2, 0) is 13.0 Å². The van der Waals surface area contributed by atoms with Gasteiger partial charge < -0.3 is 10.0 Å². The van der Waals surface area contributed by atoms with Gasteiger partial charge in [-0.15, -0.1) is 22.7 Å². The fourth-order valence-electron chi connectivity index (χ4n) is 2.28. The largest absolute Gasteiger partial charge is 0.387 e. The van der Waals surface area contributed by atoms with Crippen molar-refractivity contribution >= 4 is 43.7 Å². The monoisotopic (exact) mass is 358 g/mol. The summed E-state index contributed by atoms with van der Waals surface area (Å²) in [6, 6.07) is 2.14. The van der Waals surface area contributed by atoms with Gasteiger partial charge in [-0.3, -0.25) is 0 Å². The molecule has 0 amide bonds. The number of aromatic nitrogens is 1. The maximum Gasteiger partial charge on any atom is 0.185 e. The van der Waals surface area contributed by atoms with Gasteiger partial charge in [0.2, 0.25) is 0 Å². The van der Waals surface area contributed by atoms with Crippen molar-refractivity contribution in [3.05, 3.63) is 31.4 Å². The molecule has 0 fully saturated rings. The smallest absolute Gasteiger partial charge is 0.185 e. The molecule has 6 heteroatoms. The minimum absolute atomic E-state index is 0.363. The van der Waals surface area contributed by atoms with E-state index in [1.807, 2.05) is 0 Å². The lowest BCUT2D eigenvalue weighted by molar-refractivity contribution is 0.153. The Morgan fingerprint density at radius 3 is 3.11 bits per heavy atom. The number of fused-ring (bicyclic) bond motifs is 1. The van der Waals surface area contributed by atoms with Crippen molar-refractivity contribution in [1.29, 1.82) is 0 Å². The van der Waals surface area contributed by atoms with Crippen molar-refractivity contribution in [2.24, 2.45) is 0 Å². The van der Waals surface area contributed by atoms with Crippen LogP contribution in [0.2, 0.25) is 0 Å². The van der Waals surface area contributed by atoms with Crippen LogP contribution in [0, 0.1) is 0 Å². The first-order valence-electron chi connectivity index (χ1n) is 6.25. The number of hydrogen-bond acceptors (Lipinski definition) is 5. The van der Waals surface area contributed by atoms with E-state index in [9.17, 15) is 5.11 Å². The van der Waals surface area contributed by atoms with E-state index in [0.29, 0.717) is 0 Å². The van der Waals surface area contributed by atoms with E-state index in [0.717, 1.165) is 41.1 Å². The lowest BCUT2D eigenvalue weighted by Crippen LogP contribution is -2.15. The third-order valence-electron chi connectivity index (χ3n) is 3.25. The molecule has 0 saturated carbocycles. The Balaban J connectivity index is 1.78. The number of aliphatic hydroxyl groups excluding tert-OH is 1. The molecule has 0 aromatic carbocycles. The van der Waals surface area contributed by atoms with Crippen LogP contribution in [0.25, 0.3) is 0 Å². The van der Waals surface area contributed by atoms with E-state index in [-0.39, 0.29) is 6.10 Å². The number of hydrogen-bond donors (Lipinski definition) is 1. The van der Waals surface area contributed by atoms with Crippen LogP contribution in [-0.4, -0.2) is 17.1 Å². The Hall–Kier alpha value is -0.430. The van der Waals surface area contributed by atoms with Crippen molar-refractivity contribution in [3.63, 3.8) is 0 Å². The molecular formula is C13H15BrN2OS2. The summed E-state index contributed by atoms with van der Waals surface area (Å²) in [6.45, 7) is 0.860. The molecule has 102 valence electrons. The van der Waals surface area contributed by atoms with Crippen molar-refractivity contribution in [3.8, 4) is 0 Å². The Labute approximate surface area is 129 Å². The van der Waals surface area contributed by atoms with Gasteiger partial charge >= 0.3 is 0 Å². The van der Waals surface area contributed by atoms with Crippen LogP contribution in [0.3, 0.4) is 0 Å². The second-order valence-electron chi connectivity index (χ2n) is 4.80. The summed E-state index contributed by atoms with van der Waals surface area (Å²) in [4.78, 5) is 9.35. The average Bonchev–Trinajstić information content (AvgIpc) is 2.96. The predicted molar refractivity (Wildman–Crippen MR) is 84.1 cm³/mol. The highest BCUT2D eigenvalue weighted by Gasteiger charge is 2.23. The standard InChI is InChI=1S/C13H15BrN2OS2/c1-16(6-9-5-8(14)7-18-9)13-15-12-10(17)3-2-4-11(12)19-13/h5,7,10,17H,2-4,6H2,1H3. The van der Waals surface area contributed by atoms with E-state index in [2.05, 4.69) is 44.3 Å². The van der Waals surface area contributed by atoms with E-state index in [4.69, 9.17) is 0 Å². The first kappa shape index (κ1) is 13.5. The lowest BCUT2D eigenvalue weighted by Gasteiger charge is -2.15. The molecule has 1 aliphatic carbocycles. The Bertz CT molecular complexity index is 581. The number of thiazole rings is 1. The van der Waals surface area contributed by atoms with Gasteiger partial charge in [0.05, 0.1) is 18.3 Å². The highest BCUT2D eigenvalue weighted by atomic mass is 79.9. The highest BCUT2D eigenvalue weighted by molar-refractivity contribution is 9.10. The average molecular weight is 359 g/mol. The van der Waals surface area contributed by atoms with Crippen molar-refractivity contribution < 1.29 is 5.11 Å². The Morgan fingerprint density at radius 1 is 1.58 bits per heavy atom. The molecular weight excluding hydrogens is 344 g/mol. The number of aryl methyl sites for hydroxylation is 1. The zero-order valence-electron chi connectivity index (χ0n) is 10.6. The van der Waals surface area contributed by atoms with Gasteiger partial charge in [0.15, 0.2) is 5.13 Å². The summed E-state index contributed by atoms with van der Waals surface area (Å²) in [5.74, 6) is 0. The highest BCUT2D eigenvalue weighted by Crippen LogP contribution is 2.36. The lowest BCUT2D eigenvalue weighted by atomic mass is 10.0. The van der Waals surface area contributed by atoms with Gasteiger partial charge in [-0.1, -0.05) is 0 Å². The SMILES string of the molecule is CN(Cc1cc(Br)cs1)c1nc2c(s1)CCCC2O. The summed E-state index contributed by atoms with van der Waals surface area (Å²) in [7, 11) is 2.06. The van der Waals surface area contributed by atoms with Gasteiger partial charge in [-0.25, -0.2) is 4.98 Å². The van der Waals surface area contributed by atoms with E-state index in [1.165, 1.54) is 9.75 Å². The summed E-state index contributed by atoms with van der Waals surface area (Å²) >= 11 is 6.95. The Kier molecular flexibility index (Phi) is 3.93. The molecule has 0 saturated heterocycles. The molecule has 0 aliphatic heterocycles. The van der Waals surface area contributed by atoms with Crippen molar-refractivity contribution in [2.75, 3.05) is 11.9 Å². The molecule has 0 radical (unpaired) electrons. The molecule has 1 unspecified atom stereocenters. The zero-order valence-corrected chi connectivity index (χ0v) is 13.8. The maximum absolute atomic E-state index is 9.97. The van der Waals surface area contributed by atoms with Crippen molar-refractivity contribution in [1.82, 2.24) is 4.98 Å². The molecule has 2 aromatic rings. The minimum Gasteiger partial charge on any atom is -0.387 e. The number of nitrogens with zero attached hydrogens (tertiary/aromatic N) is 2. The summed E-state index contributed by atoms with van der Waals surface area (Å²) in [5, 5.41) is 13.1. The summed E-state index contributed by atoms with van der Waals surface area (Å²) < 4.78 is 1.13. The van der Waals surface area contributed by atoms with E-state index < -0.39 is 0 Å². The van der Waals surface area contributed by atoms with E-state index in [1.54, 1.807) is 22.7 Å². The molecule has 1 atom stereocenters. The van der Waals surface area contributed by atoms with Crippen LogP contribution in [0.1, 0.15) is 34.4 Å². The quantitative estimate of drug-likeness (QED) is 0.901. The van der Waals surface area contributed by atoms with Gasteiger partial charge in [-0.05, 0) is 41.3 Å². The molecule has 3 nitrogen and oxygen atoms in total. The van der Waals surface area contributed by atoms with Gasteiger partial charge in [0.1, 0.15) is 0 Å². The zero-order chi connectivity index (χ0) is 13.4. The van der Waals surface area contributed by atoms with Gasteiger partial charge in [-0.2, -0.15) is 0 Å². The molecule has 0 bridgehead atoms. The maximum atomic E-state index is 9.97. The van der Waals surface area contributed by atoms with E-state index >= 15 is 0 Å². The number of halogens is 1. The second kappa shape index (κ2) is 5.52. The fourth-order valence-corrected chi connectivity index (χ4v) is 4.91. The second-order valence-corrected chi connectivity index (χ2v) is 7.77. The van der Waals surface area contributed by atoms with Crippen LogP contribution >= 0.6 is 38.6 Å². The Morgan fingerprint density at radius 2 is 2.42 bits per heavy atom. The summed E-state index contributed by atoms with van der Waals surface area (Å²) in [5.41, 5.74) is 0.908. The molecule has 2 heterocycles. The van der Waals surface area contributed by atoms with Crippen LogP contribution < -0.4 is 4.90 Å². The van der Waals surface area contributed by atoms with Gasteiger partial charge in [0, 0.05) is 26.7 Å². The number of rotatable bonds is 3.